The first-order valence-corrected chi connectivity index (χ1v) is 22.2. The van der Waals surface area contributed by atoms with E-state index in [4.69, 9.17) is 13.8 Å². The zero-order valence-corrected chi connectivity index (χ0v) is 35.8. The normalized spacial score (nSPS) is 11.3. The van der Waals surface area contributed by atoms with E-state index >= 15 is 0 Å². The summed E-state index contributed by atoms with van der Waals surface area (Å²) < 4.78 is 13.3. The van der Waals surface area contributed by atoms with E-state index in [0.717, 1.165) is 89.4 Å². The third-order valence-corrected chi connectivity index (χ3v) is 12.3. The molecule has 312 valence electrons. The molecule has 2 heterocycles. The van der Waals surface area contributed by atoms with Crippen LogP contribution in [0.25, 0.3) is 77.9 Å². The summed E-state index contributed by atoms with van der Waals surface area (Å²) >= 11 is 0. The Kier molecular flexibility index (Phi) is 9.77. The Labute approximate surface area is 382 Å². The van der Waals surface area contributed by atoms with Crippen molar-refractivity contribution in [2.45, 2.75) is 0 Å². The summed E-state index contributed by atoms with van der Waals surface area (Å²) in [6.07, 6.45) is 0. The van der Waals surface area contributed by atoms with E-state index in [9.17, 15) is 0 Å². The van der Waals surface area contributed by atoms with Gasteiger partial charge in [0.25, 0.3) is 0 Å². The summed E-state index contributed by atoms with van der Waals surface area (Å²) in [4.78, 5) is 9.88. The maximum Gasteiger partial charge on any atom is 0.227 e. The molecule has 0 amide bonds. The highest BCUT2D eigenvalue weighted by molar-refractivity contribution is 6.07. The molecule has 12 rings (SSSR count). The van der Waals surface area contributed by atoms with Gasteiger partial charge in [0, 0.05) is 39.0 Å². The molecule has 0 saturated carbocycles. The molecule has 0 radical (unpaired) electrons. The van der Waals surface area contributed by atoms with Crippen molar-refractivity contribution in [2.24, 2.45) is 0 Å². The first-order chi connectivity index (χ1) is 32.7. The zero-order valence-electron chi connectivity index (χ0n) is 35.8. The molecule has 0 fully saturated rings. The number of anilines is 6. The molecule has 0 aliphatic rings. The minimum Gasteiger partial charge on any atom is -0.456 e. The minimum atomic E-state index is 0.550. The maximum atomic E-state index is 6.90. The number of nitrogens with zero attached hydrogens (tertiary/aromatic N) is 3. The second-order valence-electron chi connectivity index (χ2n) is 16.4. The van der Waals surface area contributed by atoms with Crippen LogP contribution in [0.3, 0.4) is 0 Å². The Bertz CT molecular complexity index is 3620. The number of furan rings is 1. The summed E-state index contributed by atoms with van der Waals surface area (Å²) in [5.74, 6) is 0.550. The standard InChI is InChI=1S/C61H41N3O2/c1-5-17-42(18-6-1)43-29-31-44(32-30-43)45-33-35-49(36-34-45)63(48-23-11-4-12-24-48)57-41-51(40-55-60(57)66-61(62-55)47-21-9-3-10-22-47)64(56-27-15-13-25-52(56)46-19-7-2-8-20-46)50-37-38-59-54(39-50)53-26-14-16-28-58(53)65-59/h1-41H. The van der Waals surface area contributed by atoms with Gasteiger partial charge in [-0.2, -0.15) is 0 Å². The Hall–Kier alpha value is -8.93. The average Bonchev–Trinajstić information content (AvgIpc) is 4.00. The Morgan fingerprint density at radius 1 is 0.303 bits per heavy atom. The topological polar surface area (TPSA) is 45.7 Å². The lowest BCUT2D eigenvalue weighted by Crippen LogP contribution is -2.14. The number of fused-ring (bicyclic) bond motifs is 4. The van der Waals surface area contributed by atoms with Crippen LogP contribution in [0.15, 0.2) is 258 Å². The number of hydrogen-bond donors (Lipinski definition) is 0. The van der Waals surface area contributed by atoms with E-state index in [1.54, 1.807) is 0 Å². The fourth-order valence-electron chi connectivity index (χ4n) is 9.10. The van der Waals surface area contributed by atoms with Gasteiger partial charge in [0.2, 0.25) is 5.89 Å². The molecule has 0 saturated heterocycles. The molecule has 0 spiro atoms. The monoisotopic (exact) mass is 847 g/mol. The Balaban J connectivity index is 1.07. The molecule has 10 aromatic carbocycles. The summed E-state index contributed by atoms with van der Waals surface area (Å²) in [6, 6.07) is 87.0. The average molecular weight is 848 g/mol. The van der Waals surface area contributed by atoms with E-state index in [0.29, 0.717) is 11.5 Å². The number of aromatic nitrogens is 1. The van der Waals surface area contributed by atoms with Gasteiger partial charge in [0.05, 0.1) is 17.1 Å². The number of rotatable bonds is 10. The third kappa shape index (κ3) is 7.15. The fourth-order valence-corrected chi connectivity index (χ4v) is 9.10. The first kappa shape index (κ1) is 38.7. The molecule has 5 heteroatoms. The molecular weight excluding hydrogens is 807 g/mol. The van der Waals surface area contributed by atoms with Crippen LogP contribution in [0.4, 0.5) is 34.1 Å². The highest BCUT2D eigenvalue weighted by atomic mass is 16.3. The van der Waals surface area contributed by atoms with Gasteiger partial charge in [0.15, 0.2) is 5.58 Å². The van der Waals surface area contributed by atoms with E-state index in [1.165, 1.54) is 11.1 Å². The highest BCUT2D eigenvalue weighted by Crippen LogP contribution is 2.48. The van der Waals surface area contributed by atoms with Crippen LogP contribution in [0.2, 0.25) is 0 Å². The van der Waals surface area contributed by atoms with Crippen LogP contribution >= 0.6 is 0 Å². The predicted octanol–water partition coefficient (Wildman–Crippen LogP) is 17.3. The third-order valence-electron chi connectivity index (χ3n) is 12.3. The number of hydrogen-bond acceptors (Lipinski definition) is 5. The SMILES string of the molecule is c1ccc(-c2ccc(-c3ccc(N(c4ccccc4)c4cc(N(c5ccc6oc7ccccc7c6c5)c5ccccc5-c5ccccc5)cc5nc(-c6ccccc6)oc45)cc3)cc2)cc1. The Morgan fingerprint density at radius 3 is 1.50 bits per heavy atom. The van der Waals surface area contributed by atoms with Gasteiger partial charge < -0.3 is 18.6 Å². The van der Waals surface area contributed by atoms with Gasteiger partial charge in [-0.1, -0.05) is 170 Å². The molecule has 0 atom stereocenters. The largest absolute Gasteiger partial charge is 0.456 e. The summed E-state index contributed by atoms with van der Waals surface area (Å²) in [5.41, 5.74) is 16.6. The van der Waals surface area contributed by atoms with E-state index in [2.05, 4.69) is 210 Å². The van der Waals surface area contributed by atoms with Crippen molar-refractivity contribution >= 4 is 67.2 Å². The second-order valence-corrected chi connectivity index (χ2v) is 16.4. The second kappa shape index (κ2) is 16.6. The molecule has 0 aliphatic heterocycles. The molecule has 0 bridgehead atoms. The van der Waals surface area contributed by atoms with Crippen LogP contribution in [0.1, 0.15) is 0 Å². The van der Waals surface area contributed by atoms with Crippen LogP contribution in [-0.4, -0.2) is 4.98 Å². The molecule has 5 nitrogen and oxygen atoms in total. The molecule has 0 aliphatic carbocycles. The van der Waals surface area contributed by atoms with Crippen molar-refractivity contribution in [2.75, 3.05) is 9.80 Å². The lowest BCUT2D eigenvalue weighted by molar-refractivity contribution is 0.620. The molecule has 2 aromatic heterocycles. The van der Waals surface area contributed by atoms with Gasteiger partial charge in [0.1, 0.15) is 16.7 Å². The van der Waals surface area contributed by atoms with Gasteiger partial charge in [-0.3, -0.25) is 0 Å². The van der Waals surface area contributed by atoms with E-state index < -0.39 is 0 Å². The van der Waals surface area contributed by atoms with Crippen LogP contribution in [0.5, 0.6) is 0 Å². The maximum absolute atomic E-state index is 6.90. The van der Waals surface area contributed by atoms with Crippen molar-refractivity contribution < 1.29 is 8.83 Å². The van der Waals surface area contributed by atoms with Crippen LogP contribution in [-0.2, 0) is 0 Å². The van der Waals surface area contributed by atoms with Crippen molar-refractivity contribution in [3.05, 3.63) is 249 Å². The van der Waals surface area contributed by atoms with Crippen molar-refractivity contribution in [1.82, 2.24) is 4.98 Å². The molecule has 66 heavy (non-hydrogen) atoms. The lowest BCUT2D eigenvalue weighted by atomic mass is 10.00. The van der Waals surface area contributed by atoms with Crippen molar-refractivity contribution in [3.63, 3.8) is 0 Å². The van der Waals surface area contributed by atoms with Gasteiger partial charge >= 0.3 is 0 Å². The first-order valence-electron chi connectivity index (χ1n) is 22.2. The van der Waals surface area contributed by atoms with Gasteiger partial charge in [-0.25, -0.2) is 4.98 Å². The highest BCUT2D eigenvalue weighted by Gasteiger charge is 2.26. The van der Waals surface area contributed by atoms with Crippen molar-refractivity contribution in [1.29, 1.82) is 0 Å². The summed E-state index contributed by atoms with van der Waals surface area (Å²) in [7, 11) is 0. The van der Waals surface area contributed by atoms with Gasteiger partial charge in [-0.15, -0.1) is 0 Å². The fraction of sp³-hybridized carbons (Fsp3) is 0. The van der Waals surface area contributed by atoms with E-state index in [1.807, 2.05) is 48.5 Å². The summed E-state index contributed by atoms with van der Waals surface area (Å²) in [6.45, 7) is 0. The minimum absolute atomic E-state index is 0.550. The van der Waals surface area contributed by atoms with Gasteiger partial charge in [-0.05, 0) is 107 Å². The number of benzene rings is 10. The summed E-state index contributed by atoms with van der Waals surface area (Å²) in [5, 5.41) is 2.11. The predicted molar refractivity (Wildman–Crippen MR) is 272 cm³/mol. The number of para-hydroxylation sites is 3. The smallest absolute Gasteiger partial charge is 0.227 e. The molecule has 0 N–H and O–H groups in total. The quantitative estimate of drug-likeness (QED) is 0.137. The Morgan fingerprint density at radius 2 is 0.803 bits per heavy atom. The van der Waals surface area contributed by atoms with Crippen LogP contribution < -0.4 is 9.80 Å². The lowest BCUT2D eigenvalue weighted by Gasteiger charge is -2.30. The zero-order chi connectivity index (χ0) is 43.8. The molecular formula is C61H41N3O2. The number of oxazole rings is 1. The molecule has 12 aromatic rings. The van der Waals surface area contributed by atoms with E-state index in [-0.39, 0.29) is 0 Å². The van der Waals surface area contributed by atoms with Crippen LogP contribution in [0, 0.1) is 0 Å². The molecule has 0 unspecified atom stereocenters. The van der Waals surface area contributed by atoms with Crippen molar-refractivity contribution in [3.8, 4) is 44.8 Å².